The van der Waals surface area contributed by atoms with Crippen LogP contribution in [0.15, 0.2) is 35.8 Å². The average molecular weight is 362 g/mol. The number of aromatic nitrogens is 1. The van der Waals surface area contributed by atoms with Gasteiger partial charge >= 0.3 is 0 Å². The van der Waals surface area contributed by atoms with Gasteiger partial charge in [-0.2, -0.15) is 0 Å². The van der Waals surface area contributed by atoms with Gasteiger partial charge in [0.2, 0.25) is 0 Å². The lowest BCUT2D eigenvalue weighted by Crippen LogP contribution is -2.46. The van der Waals surface area contributed by atoms with Crippen molar-refractivity contribution in [2.24, 2.45) is 0 Å². The van der Waals surface area contributed by atoms with Gasteiger partial charge in [-0.25, -0.2) is 4.98 Å². The number of benzene rings is 1. The molecule has 6 heteroatoms. The summed E-state index contributed by atoms with van der Waals surface area (Å²) in [5.74, 6) is 1.78. The van der Waals surface area contributed by atoms with E-state index in [0.717, 1.165) is 55.8 Å². The molecule has 1 aliphatic rings. The number of hydrogen-bond donors (Lipinski definition) is 0. The maximum Gasteiger partial charge on any atom is 0.185 e. The molecule has 1 aliphatic heterocycles. The maximum atomic E-state index is 5.77. The molecule has 2 aromatic rings. The van der Waals surface area contributed by atoms with Crippen molar-refractivity contribution in [2.45, 2.75) is 19.3 Å². The van der Waals surface area contributed by atoms with E-state index in [9.17, 15) is 0 Å². The third-order valence-corrected chi connectivity index (χ3v) is 5.34. The van der Waals surface area contributed by atoms with E-state index < -0.39 is 0 Å². The molecule has 0 atom stereocenters. The molecule has 1 saturated heterocycles. The zero-order valence-corrected chi connectivity index (χ0v) is 15.7. The van der Waals surface area contributed by atoms with E-state index in [-0.39, 0.29) is 0 Å². The third kappa shape index (κ3) is 5.61. The van der Waals surface area contributed by atoms with Gasteiger partial charge in [-0.05, 0) is 50.1 Å². The Labute approximate surface area is 154 Å². The molecule has 0 saturated carbocycles. The minimum absolute atomic E-state index is 0.782. The number of nitrogens with zero attached hydrogens (tertiary/aromatic N) is 3. The van der Waals surface area contributed by atoms with Crippen LogP contribution in [0.25, 0.3) is 0 Å². The normalized spacial score (nSPS) is 15.3. The number of unbranched alkanes of at least 4 members (excludes halogenated alkanes) is 2. The van der Waals surface area contributed by atoms with Gasteiger partial charge in [-0.15, -0.1) is 11.3 Å². The van der Waals surface area contributed by atoms with Crippen LogP contribution in [0, 0.1) is 0 Å². The Morgan fingerprint density at radius 1 is 1.00 bits per heavy atom. The fraction of sp³-hybridized carbons (Fsp3) is 0.526. The molecule has 3 rings (SSSR count). The quantitative estimate of drug-likeness (QED) is 0.639. The molecule has 0 N–H and O–H groups in total. The van der Waals surface area contributed by atoms with E-state index >= 15 is 0 Å². The molecular weight excluding hydrogens is 334 g/mol. The summed E-state index contributed by atoms with van der Waals surface area (Å²) in [7, 11) is 1.68. The van der Waals surface area contributed by atoms with E-state index in [1.54, 1.807) is 18.4 Å². The van der Waals surface area contributed by atoms with E-state index in [2.05, 4.69) is 20.2 Å². The van der Waals surface area contributed by atoms with Crippen LogP contribution in [0.5, 0.6) is 11.5 Å². The highest BCUT2D eigenvalue weighted by atomic mass is 32.1. The fourth-order valence-corrected chi connectivity index (χ4v) is 3.71. The van der Waals surface area contributed by atoms with E-state index in [1.165, 1.54) is 19.4 Å². The lowest BCUT2D eigenvalue weighted by Gasteiger charge is -2.34. The van der Waals surface area contributed by atoms with Crippen LogP contribution < -0.4 is 14.4 Å². The second kappa shape index (κ2) is 9.63. The highest BCUT2D eigenvalue weighted by Gasteiger charge is 2.17. The third-order valence-electron chi connectivity index (χ3n) is 4.51. The van der Waals surface area contributed by atoms with Crippen molar-refractivity contribution in [3.63, 3.8) is 0 Å². The average Bonchev–Trinajstić information content (AvgIpc) is 3.20. The minimum atomic E-state index is 0.782. The molecule has 0 bridgehead atoms. The fourth-order valence-electron chi connectivity index (χ4n) is 3.01. The first-order valence-corrected chi connectivity index (χ1v) is 9.87. The number of methoxy groups -OCH3 is 1. The van der Waals surface area contributed by atoms with Crippen molar-refractivity contribution in [3.05, 3.63) is 35.8 Å². The van der Waals surface area contributed by atoms with E-state index in [4.69, 9.17) is 9.47 Å². The van der Waals surface area contributed by atoms with Crippen LogP contribution in [0.2, 0.25) is 0 Å². The van der Waals surface area contributed by atoms with Gasteiger partial charge in [0, 0.05) is 37.8 Å². The molecule has 1 fully saturated rings. The smallest absolute Gasteiger partial charge is 0.185 e. The van der Waals surface area contributed by atoms with Crippen molar-refractivity contribution in [1.82, 2.24) is 9.88 Å². The first kappa shape index (κ1) is 18.0. The maximum absolute atomic E-state index is 5.77. The lowest BCUT2D eigenvalue weighted by atomic mass is 10.2. The van der Waals surface area contributed by atoms with Crippen LogP contribution >= 0.6 is 11.3 Å². The van der Waals surface area contributed by atoms with Crippen LogP contribution in [-0.2, 0) is 0 Å². The Morgan fingerprint density at radius 2 is 1.76 bits per heavy atom. The second-order valence-corrected chi connectivity index (χ2v) is 7.10. The monoisotopic (exact) mass is 361 g/mol. The second-order valence-electron chi connectivity index (χ2n) is 6.23. The SMILES string of the molecule is COc1ccc(OCCCCCN2CCN(c3nccs3)CC2)cc1. The summed E-state index contributed by atoms with van der Waals surface area (Å²) in [4.78, 5) is 9.36. The molecule has 136 valence electrons. The van der Waals surface area contributed by atoms with Gasteiger partial charge in [0.25, 0.3) is 0 Å². The molecule has 0 radical (unpaired) electrons. The predicted molar refractivity (Wildman–Crippen MR) is 103 cm³/mol. The summed E-state index contributed by atoms with van der Waals surface area (Å²) in [5, 5.41) is 3.21. The van der Waals surface area contributed by atoms with Gasteiger partial charge in [0.15, 0.2) is 5.13 Å². The lowest BCUT2D eigenvalue weighted by molar-refractivity contribution is 0.246. The topological polar surface area (TPSA) is 37.8 Å². The number of ether oxygens (including phenoxy) is 2. The molecule has 25 heavy (non-hydrogen) atoms. The Kier molecular flexibility index (Phi) is 6.94. The van der Waals surface area contributed by atoms with Gasteiger partial charge < -0.3 is 14.4 Å². The van der Waals surface area contributed by atoms with Crippen molar-refractivity contribution < 1.29 is 9.47 Å². The van der Waals surface area contributed by atoms with Crippen molar-refractivity contribution in [1.29, 1.82) is 0 Å². The molecule has 0 unspecified atom stereocenters. The highest BCUT2D eigenvalue weighted by molar-refractivity contribution is 7.13. The van der Waals surface area contributed by atoms with Crippen LogP contribution in [0.1, 0.15) is 19.3 Å². The van der Waals surface area contributed by atoms with Gasteiger partial charge in [0.05, 0.1) is 13.7 Å². The number of piperazine rings is 1. The summed E-state index contributed by atoms with van der Waals surface area (Å²) in [6.45, 7) is 6.43. The van der Waals surface area contributed by atoms with Crippen LogP contribution in [-0.4, -0.2) is 56.3 Å². The molecule has 1 aromatic carbocycles. The summed E-state index contributed by atoms with van der Waals surface area (Å²) < 4.78 is 10.9. The summed E-state index contributed by atoms with van der Waals surface area (Å²) in [6.07, 6.45) is 5.44. The Morgan fingerprint density at radius 3 is 2.44 bits per heavy atom. The summed E-state index contributed by atoms with van der Waals surface area (Å²) >= 11 is 1.73. The summed E-state index contributed by atoms with van der Waals surface area (Å²) in [5.41, 5.74) is 0. The van der Waals surface area contributed by atoms with Gasteiger partial charge in [-0.1, -0.05) is 0 Å². The molecule has 2 heterocycles. The van der Waals surface area contributed by atoms with Gasteiger partial charge in [0.1, 0.15) is 11.5 Å². The zero-order chi connectivity index (χ0) is 17.3. The Bertz CT molecular complexity index is 596. The van der Waals surface area contributed by atoms with Crippen molar-refractivity contribution in [3.8, 4) is 11.5 Å². The number of anilines is 1. The zero-order valence-electron chi connectivity index (χ0n) is 14.9. The highest BCUT2D eigenvalue weighted by Crippen LogP contribution is 2.19. The molecule has 5 nitrogen and oxygen atoms in total. The molecule has 1 aromatic heterocycles. The first-order chi connectivity index (χ1) is 12.3. The van der Waals surface area contributed by atoms with E-state index in [0.29, 0.717) is 0 Å². The molecular formula is C19H27N3O2S. The molecule has 0 spiro atoms. The van der Waals surface area contributed by atoms with Crippen LogP contribution in [0.3, 0.4) is 0 Å². The number of thiazole rings is 1. The minimum Gasteiger partial charge on any atom is -0.497 e. The number of hydrogen-bond acceptors (Lipinski definition) is 6. The molecule has 0 amide bonds. The standard InChI is InChI=1S/C19H27N3O2S/c1-23-17-5-7-18(8-6-17)24-15-4-2-3-10-21-11-13-22(14-12-21)19-20-9-16-25-19/h5-9,16H,2-4,10-15H2,1H3. The number of rotatable bonds is 9. The van der Waals surface area contributed by atoms with Gasteiger partial charge in [-0.3, -0.25) is 4.90 Å². The van der Waals surface area contributed by atoms with Crippen molar-refractivity contribution >= 4 is 16.5 Å². The largest absolute Gasteiger partial charge is 0.497 e. The molecule has 0 aliphatic carbocycles. The van der Waals surface area contributed by atoms with Crippen LogP contribution in [0.4, 0.5) is 5.13 Å². The summed E-state index contributed by atoms with van der Waals surface area (Å²) in [6, 6.07) is 7.78. The predicted octanol–water partition coefficient (Wildman–Crippen LogP) is 3.52. The first-order valence-electron chi connectivity index (χ1n) is 8.99. The van der Waals surface area contributed by atoms with E-state index in [1.807, 2.05) is 30.5 Å². The Hall–Kier alpha value is -1.79. The Balaban J connectivity index is 1.23. The van der Waals surface area contributed by atoms with Crippen molar-refractivity contribution in [2.75, 3.05) is 51.3 Å².